The second kappa shape index (κ2) is 8.23. The zero-order chi connectivity index (χ0) is 15.8. The molecule has 0 spiro atoms. The van der Waals surface area contributed by atoms with E-state index in [1.807, 2.05) is 0 Å². The highest BCUT2D eigenvalue weighted by Gasteiger charge is 2.23. The van der Waals surface area contributed by atoms with Crippen molar-refractivity contribution >= 4 is 11.9 Å². The van der Waals surface area contributed by atoms with Gasteiger partial charge < -0.3 is 25.6 Å². The van der Waals surface area contributed by atoms with Crippen LogP contribution in [0.15, 0.2) is 24.3 Å². The molecule has 1 amide bonds. The smallest absolute Gasteiger partial charge is 0.330 e. The Kier molecular flexibility index (Phi) is 6.64. The van der Waals surface area contributed by atoms with Gasteiger partial charge in [-0.1, -0.05) is 12.1 Å². The van der Waals surface area contributed by atoms with Crippen molar-refractivity contribution < 1.29 is 24.2 Å². The first-order valence-corrected chi connectivity index (χ1v) is 6.39. The molecule has 1 aromatic rings. The van der Waals surface area contributed by atoms with E-state index in [0.717, 1.165) is 5.56 Å². The third-order valence-corrected chi connectivity index (χ3v) is 2.94. The summed E-state index contributed by atoms with van der Waals surface area (Å²) in [5.74, 6) is -0.541. The largest absolute Gasteiger partial charge is 0.497 e. The predicted molar refractivity (Wildman–Crippen MR) is 75.7 cm³/mol. The number of hydrogen-bond donors (Lipinski definition) is 3. The molecule has 0 heterocycles. The summed E-state index contributed by atoms with van der Waals surface area (Å²) in [6.45, 7) is -0.548. The number of nitrogens with one attached hydrogen (secondary N) is 1. The number of benzene rings is 1. The van der Waals surface area contributed by atoms with Crippen molar-refractivity contribution in [3.05, 3.63) is 29.8 Å². The van der Waals surface area contributed by atoms with Crippen molar-refractivity contribution in [2.24, 2.45) is 5.73 Å². The summed E-state index contributed by atoms with van der Waals surface area (Å²) in [5, 5.41) is 11.4. The first kappa shape index (κ1) is 16.9. The molecule has 1 unspecified atom stereocenters. The number of amides is 1. The highest BCUT2D eigenvalue weighted by molar-refractivity contribution is 5.87. The fourth-order valence-corrected chi connectivity index (χ4v) is 1.71. The molecule has 116 valence electrons. The van der Waals surface area contributed by atoms with Crippen LogP contribution in [0.5, 0.6) is 5.75 Å². The van der Waals surface area contributed by atoms with Crippen LogP contribution in [0.2, 0.25) is 0 Å². The summed E-state index contributed by atoms with van der Waals surface area (Å²) in [6.07, 6.45) is 0.301. The third-order valence-electron chi connectivity index (χ3n) is 2.94. The molecule has 7 heteroatoms. The van der Waals surface area contributed by atoms with Gasteiger partial charge in [0.05, 0.1) is 26.9 Å². The summed E-state index contributed by atoms with van der Waals surface area (Å²) in [6, 6.07) is 5.20. The number of esters is 1. The Hall–Kier alpha value is -2.12. The van der Waals surface area contributed by atoms with Gasteiger partial charge >= 0.3 is 5.97 Å². The molecule has 0 aliphatic heterocycles. The van der Waals surface area contributed by atoms with E-state index >= 15 is 0 Å². The standard InChI is InChI=1S/C14H20N2O5/c1-20-10-5-3-9(4-6-10)7-11(15)13(18)16-12(8-17)14(19)21-2/h3-6,11-12,17H,7-8,15H2,1-2H3,(H,16,18)/t11?,12-/m0/s1. The van der Waals surface area contributed by atoms with Crippen LogP contribution >= 0.6 is 0 Å². The third kappa shape index (κ3) is 5.05. The van der Waals surface area contributed by atoms with Crippen LogP contribution < -0.4 is 15.8 Å². The van der Waals surface area contributed by atoms with E-state index in [-0.39, 0.29) is 0 Å². The van der Waals surface area contributed by atoms with Crippen LogP contribution in [-0.2, 0) is 20.7 Å². The summed E-state index contributed by atoms with van der Waals surface area (Å²) >= 11 is 0. The molecule has 0 saturated carbocycles. The van der Waals surface area contributed by atoms with Crippen LogP contribution in [0.4, 0.5) is 0 Å². The minimum Gasteiger partial charge on any atom is -0.497 e. The normalized spacial score (nSPS) is 13.1. The van der Waals surface area contributed by atoms with Crippen molar-refractivity contribution in [2.45, 2.75) is 18.5 Å². The van der Waals surface area contributed by atoms with Crippen LogP contribution in [0.1, 0.15) is 5.56 Å². The molecule has 4 N–H and O–H groups in total. The fraction of sp³-hybridized carbons (Fsp3) is 0.429. The maximum absolute atomic E-state index is 11.9. The van der Waals surface area contributed by atoms with Gasteiger partial charge in [0, 0.05) is 0 Å². The lowest BCUT2D eigenvalue weighted by molar-refractivity contribution is -0.146. The molecule has 0 aromatic heterocycles. The van der Waals surface area contributed by atoms with E-state index in [4.69, 9.17) is 15.6 Å². The van der Waals surface area contributed by atoms with Gasteiger partial charge in [-0.15, -0.1) is 0 Å². The maximum atomic E-state index is 11.9. The number of nitrogens with two attached hydrogens (primary N) is 1. The Labute approximate surface area is 123 Å². The molecule has 0 saturated heterocycles. The van der Waals surface area contributed by atoms with Gasteiger partial charge in [-0.2, -0.15) is 0 Å². The second-order valence-electron chi connectivity index (χ2n) is 4.43. The molecular weight excluding hydrogens is 276 g/mol. The van der Waals surface area contributed by atoms with Crippen LogP contribution in [0.3, 0.4) is 0 Å². The Morgan fingerprint density at radius 1 is 1.29 bits per heavy atom. The second-order valence-corrected chi connectivity index (χ2v) is 4.43. The van der Waals surface area contributed by atoms with E-state index in [0.29, 0.717) is 12.2 Å². The van der Waals surface area contributed by atoms with Gasteiger partial charge in [-0.25, -0.2) is 4.79 Å². The van der Waals surface area contributed by atoms with Gasteiger partial charge in [0.1, 0.15) is 5.75 Å². The number of rotatable bonds is 7. The van der Waals surface area contributed by atoms with Crippen molar-refractivity contribution in [3.63, 3.8) is 0 Å². The molecule has 0 aliphatic carbocycles. The summed E-state index contributed by atoms with van der Waals surface area (Å²) in [4.78, 5) is 23.2. The number of aliphatic hydroxyl groups is 1. The van der Waals surface area contributed by atoms with Crippen LogP contribution in [-0.4, -0.2) is 49.9 Å². The van der Waals surface area contributed by atoms with Crippen molar-refractivity contribution in [3.8, 4) is 5.75 Å². The SMILES string of the molecule is COC(=O)[C@H](CO)NC(=O)C(N)Cc1ccc(OC)cc1. The lowest BCUT2D eigenvalue weighted by Gasteiger charge is -2.17. The minimum absolute atomic E-state index is 0.301. The number of hydrogen-bond acceptors (Lipinski definition) is 6. The Morgan fingerprint density at radius 3 is 2.38 bits per heavy atom. The van der Waals surface area contributed by atoms with Gasteiger partial charge in [-0.05, 0) is 24.1 Å². The molecule has 21 heavy (non-hydrogen) atoms. The van der Waals surface area contributed by atoms with E-state index in [2.05, 4.69) is 10.1 Å². The molecule has 1 aromatic carbocycles. The Morgan fingerprint density at radius 2 is 1.90 bits per heavy atom. The minimum atomic E-state index is -1.11. The maximum Gasteiger partial charge on any atom is 0.330 e. The topological polar surface area (TPSA) is 111 Å². The van der Waals surface area contributed by atoms with Crippen molar-refractivity contribution in [1.29, 1.82) is 0 Å². The van der Waals surface area contributed by atoms with E-state index in [1.54, 1.807) is 31.4 Å². The van der Waals surface area contributed by atoms with Crippen LogP contribution in [0.25, 0.3) is 0 Å². The average molecular weight is 296 g/mol. The molecular formula is C14H20N2O5. The molecule has 1 rings (SSSR count). The predicted octanol–water partition coefficient (Wildman–Crippen LogP) is -0.785. The molecule has 0 fully saturated rings. The molecule has 2 atom stereocenters. The van der Waals surface area contributed by atoms with E-state index in [1.165, 1.54) is 7.11 Å². The Bertz CT molecular complexity index is 475. The van der Waals surface area contributed by atoms with Gasteiger partial charge in [0.25, 0.3) is 0 Å². The van der Waals surface area contributed by atoms with Gasteiger partial charge in [0.2, 0.25) is 5.91 Å². The molecule has 7 nitrogen and oxygen atoms in total. The van der Waals surface area contributed by atoms with E-state index in [9.17, 15) is 9.59 Å². The monoisotopic (exact) mass is 296 g/mol. The Balaban J connectivity index is 2.58. The van der Waals surface area contributed by atoms with Crippen molar-refractivity contribution in [1.82, 2.24) is 5.32 Å². The number of carbonyl (C=O) groups is 2. The van der Waals surface area contributed by atoms with Gasteiger partial charge in [0.15, 0.2) is 6.04 Å². The van der Waals surface area contributed by atoms with Gasteiger partial charge in [-0.3, -0.25) is 4.79 Å². The summed E-state index contributed by atoms with van der Waals surface area (Å²) in [5.41, 5.74) is 6.65. The highest BCUT2D eigenvalue weighted by atomic mass is 16.5. The first-order valence-electron chi connectivity index (χ1n) is 6.39. The number of ether oxygens (including phenoxy) is 2. The van der Waals surface area contributed by atoms with Crippen molar-refractivity contribution in [2.75, 3.05) is 20.8 Å². The molecule has 0 radical (unpaired) electrons. The average Bonchev–Trinajstić information content (AvgIpc) is 2.52. The lowest BCUT2D eigenvalue weighted by Crippen LogP contribution is -2.51. The number of methoxy groups -OCH3 is 2. The number of carbonyl (C=O) groups excluding carboxylic acids is 2. The highest BCUT2D eigenvalue weighted by Crippen LogP contribution is 2.12. The molecule has 0 aliphatic rings. The molecule has 0 bridgehead atoms. The van der Waals surface area contributed by atoms with E-state index < -0.39 is 30.6 Å². The zero-order valence-electron chi connectivity index (χ0n) is 12.0. The zero-order valence-corrected chi connectivity index (χ0v) is 12.0. The first-order chi connectivity index (χ1) is 10.0. The lowest BCUT2D eigenvalue weighted by atomic mass is 10.1. The summed E-state index contributed by atoms with van der Waals surface area (Å²) < 4.78 is 9.50. The van der Waals surface area contributed by atoms with Crippen LogP contribution in [0, 0.1) is 0 Å². The number of aliphatic hydroxyl groups excluding tert-OH is 1. The summed E-state index contributed by atoms with van der Waals surface area (Å²) in [7, 11) is 2.74. The fourth-order valence-electron chi connectivity index (χ4n) is 1.71. The quantitative estimate of drug-likeness (QED) is 0.569.